The number of rotatable bonds is 3. The van der Waals surface area contributed by atoms with Crippen molar-refractivity contribution in [2.45, 2.75) is 52.7 Å². The largest absolute Gasteiger partial charge is 0.507 e. The third-order valence-corrected chi connectivity index (χ3v) is 5.37. The van der Waals surface area contributed by atoms with Crippen molar-refractivity contribution in [2.75, 3.05) is 0 Å². The molecule has 0 aromatic heterocycles. The van der Waals surface area contributed by atoms with Crippen molar-refractivity contribution in [3.8, 4) is 11.5 Å². The molecule has 138 valence electrons. The first-order valence-electron chi connectivity index (χ1n) is 8.76. The molecule has 1 heterocycles. The van der Waals surface area contributed by atoms with Crippen molar-refractivity contribution < 1.29 is 19.0 Å². The third-order valence-electron chi connectivity index (χ3n) is 5.37. The number of halogens is 1. The van der Waals surface area contributed by atoms with E-state index in [0.717, 1.165) is 27.8 Å². The molecule has 2 aromatic rings. The van der Waals surface area contributed by atoms with Crippen LogP contribution in [0.3, 0.4) is 0 Å². The molecule has 5 heteroatoms. The van der Waals surface area contributed by atoms with E-state index in [-0.39, 0.29) is 11.7 Å². The van der Waals surface area contributed by atoms with Gasteiger partial charge in [-0.3, -0.25) is 4.79 Å². The van der Waals surface area contributed by atoms with Crippen molar-refractivity contribution in [3.63, 3.8) is 0 Å². The first-order chi connectivity index (χ1) is 12.2. The first kappa shape index (κ1) is 18.2. The van der Waals surface area contributed by atoms with Crippen molar-refractivity contribution in [1.82, 2.24) is 5.32 Å². The second kappa shape index (κ2) is 6.63. The van der Waals surface area contributed by atoms with E-state index >= 15 is 0 Å². The van der Waals surface area contributed by atoms with E-state index < -0.39 is 5.60 Å². The standard InChI is InChI=1S/C21H24FNO3/c1-12-13(2)19-17(14(3)18(12)24)9-10-21(4,26-19)20(25)23-11-15-5-7-16(22)8-6-15/h5-8,24H,9-11H2,1-4H3,(H,23,25). The smallest absolute Gasteiger partial charge is 0.264 e. The predicted molar refractivity (Wildman–Crippen MR) is 97.9 cm³/mol. The number of phenolic OH excluding ortho intramolecular Hbond substituents is 1. The average molecular weight is 357 g/mol. The summed E-state index contributed by atoms with van der Waals surface area (Å²) < 4.78 is 19.1. The van der Waals surface area contributed by atoms with E-state index in [4.69, 9.17) is 4.74 Å². The van der Waals surface area contributed by atoms with Gasteiger partial charge in [0.15, 0.2) is 5.60 Å². The number of carbonyl (C=O) groups is 1. The monoisotopic (exact) mass is 357 g/mol. The Kier molecular flexibility index (Phi) is 4.65. The van der Waals surface area contributed by atoms with Crippen LogP contribution in [-0.2, 0) is 17.8 Å². The highest BCUT2D eigenvalue weighted by Gasteiger charge is 2.40. The van der Waals surface area contributed by atoms with E-state index in [1.165, 1.54) is 12.1 Å². The number of nitrogens with one attached hydrogen (secondary N) is 1. The highest BCUT2D eigenvalue weighted by atomic mass is 19.1. The summed E-state index contributed by atoms with van der Waals surface area (Å²) in [6, 6.07) is 6.04. The molecule has 26 heavy (non-hydrogen) atoms. The van der Waals surface area contributed by atoms with Crippen LogP contribution in [0.5, 0.6) is 11.5 Å². The van der Waals surface area contributed by atoms with Crippen LogP contribution in [0.15, 0.2) is 24.3 Å². The molecule has 1 amide bonds. The van der Waals surface area contributed by atoms with Crippen LogP contribution in [0.1, 0.15) is 41.2 Å². The quantitative estimate of drug-likeness (QED) is 0.877. The number of phenols is 1. The Bertz CT molecular complexity index is 861. The summed E-state index contributed by atoms with van der Waals surface area (Å²) in [4.78, 5) is 12.8. The molecule has 1 unspecified atom stereocenters. The summed E-state index contributed by atoms with van der Waals surface area (Å²) in [5.41, 5.74) is 3.27. The Balaban J connectivity index is 1.79. The number of amides is 1. The lowest BCUT2D eigenvalue weighted by molar-refractivity contribution is -0.137. The van der Waals surface area contributed by atoms with Gasteiger partial charge in [0.1, 0.15) is 17.3 Å². The molecule has 0 aliphatic carbocycles. The molecule has 2 N–H and O–H groups in total. The van der Waals surface area contributed by atoms with Crippen molar-refractivity contribution in [2.24, 2.45) is 0 Å². The average Bonchev–Trinajstić information content (AvgIpc) is 2.63. The normalized spacial score (nSPS) is 18.8. The van der Waals surface area contributed by atoms with Gasteiger partial charge in [-0.25, -0.2) is 4.39 Å². The van der Waals surface area contributed by atoms with E-state index in [1.54, 1.807) is 19.1 Å². The summed E-state index contributed by atoms with van der Waals surface area (Å²) in [6.07, 6.45) is 1.19. The van der Waals surface area contributed by atoms with Gasteiger partial charge >= 0.3 is 0 Å². The van der Waals surface area contributed by atoms with E-state index in [2.05, 4.69) is 5.32 Å². The van der Waals surface area contributed by atoms with Gasteiger partial charge in [-0.1, -0.05) is 12.1 Å². The summed E-state index contributed by atoms with van der Waals surface area (Å²) in [7, 11) is 0. The molecule has 0 bridgehead atoms. The fraction of sp³-hybridized carbons (Fsp3) is 0.381. The zero-order valence-corrected chi connectivity index (χ0v) is 15.6. The van der Waals surface area contributed by atoms with Crippen molar-refractivity contribution >= 4 is 5.91 Å². The highest BCUT2D eigenvalue weighted by molar-refractivity contribution is 5.85. The molecule has 1 aliphatic heterocycles. The van der Waals surface area contributed by atoms with Gasteiger partial charge in [-0.2, -0.15) is 0 Å². The summed E-state index contributed by atoms with van der Waals surface area (Å²) >= 11 is 0. The number of hydrogen-bond acceptors (Lipinski definition) is 3. The van der Waals surface area contributed by atoms with Crippen molar-refractivity contribution in [3.05, 3.63) is 57.9 Å². The number of ether oxygens (including phenoxy) is 1. The van der Waals surface area contributed by atoms with E-state index in [9.17, 15) is 14.3 Å². The predicted octanol–water partition coefficient (Wildman–Crippen LogP) is 3.86. The fourth-order valence-corrected chi connectivity index (χ4v) is 3.38. The Morgan fingerprint density at radius 1 is 1.19 bits per heavy atom. The van der Waals surface area contributed by atoms with Crippen LogP contribution in [0.4, 0.5) is 4.39 Å². The van der Waals surface area contributed by atoms with E-state index in [1.807, 2.05) is 20.8 Å². The minimum atomic E-state index is -0.979. The van der Waals surface area contributed by atoms with Crippen LogP contribution in [0.2, 0.25) is 0 Å². The van der Waals surface area contributed by atoms with Crippen LogP contribution in [0.25, 0.3) is 0 Å². The molecule has 0 saturated carbocycles. The minimum Gasteiger partial charge on any atom is -0.507 e. The van der Waals surface area contributed by atoms with Crippen molar-refractivity contribution in [1.29, 1.82) is 0 Å². The van der Waals surface area contributed by atoms with Gasteiger partial charge in [-0.15, -0.1) is 0 Å². The number of hydrogen-bond donors (Lipinski definition) is 2. The maximum absolute atomic E-state index is 13.0. The lowest BCUT2D eigenvalue weighted by Crippen LogP contribution is -2.50. The lowest BCUT2D eigenvalue weighted by Gasteiger charge is -2.36. The van der Waals surface area contributed by atoms with Crippen LogP contribution < -0.4 is 10.1 Å². The van der Waals surface area contributed by atoms with Crippen LogP contribution in [0, 0.1) is 26.6 Å². The molecule has 3 rings (SSSR count). The number of fused-ring (bicyclic) bond motifs is 1. The minimum absolute atomic E-state index is 0.199. The second-order valence-corrected chi connectivity index (χ2v) is 7.17. The Morgan fingerprint density at radius 3 is 2.50 bits per heavy atom. The maximum Gasteiger partial charge on any atom is 0.264 e. The first-order valence-corrected chi connectivity index (χ1v) is 8.76. The van der Waals surface area contributed by atoms with Gasteiger partial charge in [0.25, 0.3) is 5.91 Å². The van der Waals surface area contributed by atoms with E-state index in [0.29, 0.717) is 30.9 Å². The second-order valence-electron chi connectivity index (χ2n) is 7.17. The molecule has 0 saturated heterocycles. The summed E-state index contributed by atoms with van der Waals surface area (Å²) in [5, 5.41) is 13.1. The highest BCUT2D eigenvalue weighted by Crippen LogP contribution is 2.43. The third kappa shape index (κ3) is 3.14. The van der Waals surface area contributed by atoms with Gasteiger partial charge in [0.05, 0.1) is 0 Å². The Labute approximate surface area is 153 Å². The van der Waals surface area contributed by atoms with Gasteiger partial charge < -0.3 is 15.2 Å². The number of aromatic hydroxyl groups is 1. The topological polar surface area (TPSA) is 58.6 Å². The van der Waals surface area contributed by atoms with Gasteiger partial charge in [-0.05, 0) is 68.5 Å². The lowest BCUT2D eigenvalue weighted by atomic mass is 9.86. The Hall–Kier alpha value is -2.56. The number of benzene rings is 2. The molecule has 0 radical (unpaired) electrons. The maximum atomic E-state index is 13.0. The molecule has 0 spiro atoms. The molecule has 4 nitrogen and oxygen atoms in total. The zero-order valence-electron chi connectivity index (χ0n) is 15.6. The molecular formula is C21H24FNO3. The summed E-state index contributed by atoms with van der Waals surface area (Å²) in [5.74, 6) is 0.497. The SMILES string of the molecule is Cc1c(C)c2c(c(C)c1O)CCC(C)(C(=O)NCc1ccc(F)cc1)O2. The number of carbonyl (C=O) groups excluding carboxylic acids is 1. The van der Waals surface area contributed by atoms with Gasteiger partial charge in [0.2, 0.25) is 0 Å². The molecule has 1 aliphatic rings. The molecule has 0 fully saturated rings. The molecular weight excluding hydrogens is 333 g/mol. The van der Waals surface area contributed by atoms with Crippen LogP contribution >= 0.6 is 0 Å². The zero-order chi connectivity index (χ0) is 19.1. The van der Waals surface area contributed by atoms with Crippen LogP contribution in [-0.4, -0.2) is 16.6 Å². The molecule has 1 atom stereocenters. The molecule has 2 aromatic carbocycles. The fourth-order valence-electron chi connectivity index (χ4n) is 3.38. The summed E-state index contributed by atoms with van der Waals surface area (Å²) in [6.45, 7) is 7.73. The van der Waals surface area contributed by atoms with Gasteiger partial charge in [0, 0.05) is 18.5 Å². The Morgan fingerprint density at radius 2 is 1.85 bits per heavy atom.